The molecule has 0 radical (unpaired) electrons. The Morgan fingerprint density at radius 2 is 2.00 bits per heavy atom. The Morgan fingerprint density at radius 1 is 1.25 bits per heavy atom. The Kier molecular flexibility index (Phi) is 1.40. The van der Waals surface area contributed by atoms with Crippen molar-refractivity contribution in [1.29, 1.82) is 0 Å². The zero-order chi connectivity index (χ0) is 8.72. The van der Waals surface area contributed by atoms with Crippen LogP contribution in [0.2, 0.25) is 0 Å². The van der Waals surface area contributed by atoms with Crippen LogP contribution in [0.5, 0.6) is 0 Å². The third-order valence-corrected chi connectivity index (χ3v) is 1.94. The van der Waals surface area contributed by atoms with Gasteiger partial charge in [0.05, 0.1) is 17.6 Å². The Bertz CT molecular complexity index is 429. The molecule has 0 atom stereocenters. The van der Waals surface area contributed by atoms with Gasteiger partial charge in [0.1, 0.15) is 0 Å². The van der Waals surface area contributed by atoms with Gasteiger partial charge in [-0.25, -0.2) is 9.50 Å². The molecule has 0 bridgehead atoms. The van der Waals surface area contributed by atoms with Gasteiger partial charge in [0.2, 0.25) is 0 Å². The molecule has 0 amide bonds. The number of aryl methyl sites for hydroxylation is 3. The molecule has 0 unspecified atom stereocenters. The second kappa shape index (κ2) is 2.30. The van der Waals surface area contributed by atoms with Crippen LogP contribution in [0.25, 0.3) is 5.65 Å². The van der Waals surface area contributed by atoms with E-state index < -0.39 is 0 Å². The predicted molar refractivity (Wildman–Crippen MR) is 47.2 cm³/mol. The van der Waals surface area contributed by atoms with E-state index in [9.17, 15) is 0 Å². The predicted octanol–water partition coefficient (Wildman–Crippen LogP) is 1.65. The molecule has 0 saturated carbocycles. The average molecular weight is 161 g/mol. The molecule has 2 heterocycles. The summed E-state index contributed by atoms with van der Waals surface area (Å²) in [6.07, 6.45) is 1.84. The van der Waals surface area contributed by atoms with Crippen LogP contribution in [0.1, 0.15) is 17.0 Å². The summed E-state index contributed by atoms with van der Waals surface area (Å²) in [6.45, 7) is 6.05. The summed E-state index contributed by atoms with van der Waals surface area (Å²) >= 11 is 0. The molecule has 3 heteroatoms. The summed E-state index contributed by atoms with van der Waals surface area (Å²) in [5.41, 5.74) is 4.24. The van der Waals surface area contributed by atoms with Crippen LogP contribution in [-0.4, -0.2) is 14.6 Å². The summed E-state index contributed by atoms with van der Waals surface area (Å²) < 4.78 is 1.88. The Balaban J connectivity index is 2.92. The molecule has 0 fully saturated rings. The van der Waals surface area contributed by atoms with Crippen molar-refractivity contribution in [3.05, 3.63) is 29.2 Å². The van der Waals surface area contributed by atoms with Crippen molar-refractivity contribution in [3.63, 3.8) is 0 Å². The fourth-order valence-corrected chi connectivity index (χ4v) is 1.39. The molecule has 0 aliphatic carbocycles. The lowest BCUT2D eigenvalue weighted by molar-refractivity contribution is 0.864. The lowest BCUT2D eigenvalue weighted by atomic mass is 10.3. The molecule has 0 aromatic carbocycles. The fourth-order valence-electron chi connectivity index (χ4n) is 1.39. The van der Waals surface area contributed by atoms with E-state index in [4.69, 9.17) is 0 Å². The maximum atomic E-state index is 4.35. The monoisotopic (exact) mass is 161 g/mol. The van der Waals surface area contributed by atoms with E-state index in [-0.39, 0.29) is 0 Å². The normalized spacial score (nSPS) is 10.9. The second-order valence-corrected chi connectivity index (χ2v) is 3.10. The Morgan fingerprint density at radius 3 is 2.75 bits per heavy atom. The molecule has 0 N–H and O–H groups in total. The van der Waals surface area contributed by atoms with E-state index >= 15 is 0 Å². The molecular weight excluding hydrogens is 150 g/mol. The van der Waals surface area contributed by atoms with E-state index in [2.05, 4.69) is 17.0 Å². The number of hydrogen-bond acceptors (Lipinski definition) is 2. The Hall–Kier alpha value is -1.38. The standard InChI is InChI=1S/C9H11N3/c1-6-4-7(2)11-12-8(3)5-10-9(6)12/h4-5H,1-3H3. The van der Waals surface area contributed by atoms with Crippen molar-refractivity contribution >= 4 is 5.65 Å². The maximum absolute atomic E-state index is 4.35. The van der Waals surface area contributed by atoms with Gasteiger partial charge in [-0.05, 0) is 32.4 Å². The van der Waals surface area contributed by atoms with Crippen molar-refractivity contribution in [2.24, 2.45) is 0 Å². The van der Waals surface area contributed by atoms with E-state index in [0.717, 1.165) is 17.0 Å². The molecule has 2 aromatic rings. The minimum Gasteiger partial charge on any atom is -0.235 e. The molecule has 0 aliphatic heterocycles. The number of hydrogen-bond donors (Lipinski definition) is 0. The van der Waals surface area contributed by atoms with E-state index in [1.54, 1.807) is 0 Å². The first-order chi connectivity index (χ1) is 5.68. The number of fused-ring (bicyclic) bond motifs is 1. The van der Waals surface area contributed by atoms with Gasteiger partial charge in [0.25, 0.3) is 0 Å². The summed E-state index contributed by atoms with van der Waals surface area (Å²) in [5.74, 6) is 0. The highest BCUT2D eigenvalue weighted by Gasteiger charge is 2.02. The first kappa shape index (κ1) is 7.28. The zero-order valence-corrected chi connectivity index (χ0v) is 7.50. The van der Waals surface area contributed by atoms with Gasteiger partial charge < -0.3 is 0 Å². The molecule has 0 aliphatic rings. The highest BCUT2D eigenvalue weighted by molar-refractivity contribution is 5.47. The minimum atomic E-state index is 0.957. The maximum Gasteiger partial charge on any atom is 0.156 e. The highest BCUT2D eigenvalue weighted by Crippen LogP contribution is 2.09. The third-order valence-electron chi connectivity index (χ3n) is 1.94. The van der Waals surface area contributed by atoms with Gasteiger partial charge in [-0.3, -0.25) is 0 Å². The van der Waals surface area contributed by atoms with Crippen LogP contribution >= 0.6 is 0 Å². The summed E-state index contributed by atoms with van der Waals surface area (Å²) in [5, 5.41) is 4.35. The van der Waals surface area contributed by atoms with Crippen LogP contribution < -0.4 is 0 Å². The fraction of sp³-hybridized carbons (Fsp3) is 0.333. The molecule has 12 heavy (non-hydrogen) atoms. The highest BCUT2D eigenvalue weighted by atomic mass is 15.3. The van der Waals surface area contributed by atoms with Gasteiger partial charge in [-0.15, -0.1) is 0 Å². The van der Waals surface area contributed by atoms with Gasteiger partial charge in [0.15, 0.2) is 5.65 Å². The van der Waals surface area contributed by atoms with E-state index in [1.165, 1.54) is 5.56 Å². The van der Waals surface area contributed by atoms with Gasteiger partial charge in [-0.2, -0.15) is 5.10 Å². The van der Waals surface area contributed by atoms with E-state index in [0.29, 0.717) is 0 Å². The quantitative estimate of drug-likeness (QED) is 0.588. The molecule has 2 rings (SSSR count). The molecule has 0 spiro atoms. The van der Waals surface area contributed by atoms with Crippen molar-refractivity contribution in [1.82, 2.24) is 14.6 Å². The Labute approximate surface area is 71.1 Å². The second-order valence-electron chi connectivity index (χ2n) is 3.10. The SMILES string of the molecule is Cc1cc(C)c2ncc(C)n2n1. The topological polar surface area (TPSA) is 30.2 Å². The first-order valence-corrected chi connectivity index (χ1v) is 3.97. The first-order valence-electron chi connectivity index (χ1n) is 3.97. The van der Waals surface area contributed by atoms with Crippen LogP contribution in [0.15, 0.2) is 12.3 Å². The van der Waals surface area contributed by atoms with Crippen LogP contribution in [-0.2, 0) is 0 Å². The number of nitrogens with zero attached hydrogens (tertiary/aromatic N) is 3. The molecular formula is C9H11N3. The lowest BCUT2D eigenvalue weighted by Gasteiger charge is -1.99. The molecule has 62 valence electrons. The third kappa shape index (κ3) is 0.897. The van der Waals surface area contributed by atoms with Gasteiger partial charge >= 0.3 is 0 Å². The van der Waals surface area contributed by atoms with Gasteiger partial charge in [-0.1, -0.05) is 0 Å². The minimum absolute atomic E-state index is 0.957. The van der Waals surface area contributed by atoms with Crippen molar-refractivity contribution in [2.45, 2.75) is 20.8 Å². The number of rotatable bonds is 0. The van der Waals surface area contributed by atoms with Crippen molar-refractivity contribution in [2.75, 3.05) is 0 Å². The lowest BCUT2D eigenvalue weighted by Crippen LogP contribution is -1.97. The largest absolute Gasteiger partial charge is 0.235 e. The summed E-state index contributed by atoms with van der Waals surface area (Å²) in [4.78, 5) is 4.26. The van der Waals surface area contributed by atoms with E-state index in [1.807, 2.05) is 30.6 Å². The molecule has 0 saturated heterocycles. The van der Waals surface area contributed by atoms with Crippen LogP contribution in [0.3, 0.4) is 0 Å². The van der Waals surface area contributed by atoms with Crippen molar-refractivity contribution in [3.8, 4) is 0 Å². The van der Waals surface area contributed by atoms with Crippen LogP contribution in [0.4, 0.5) is 0 Å². The molecule has 3 nitrogen and oxygen atoms in total. The zero-order valence-electron chi connectivity index (χ0n) is 7.50. The van der Waals surface area contributed by atoms with Gasteiger partial charge in [0, 0.05) is 0 Å². The smallest absolute Gasteiger partial charge is 0.156 e. The number of aromatic nitrogens is 3. The number of imidazole rings is 1. The molecule has 2 aromatic heterocycles. The van der Waals surface area contributed by atoms with Crippen molar-refractivity contribution < 1.29 is 0 Å². The average Bonchev–Trinajstić information content (AvgIpc) is 2.33. The van der Waals surface area contributed by atoms with Crippen LogP contribution in [0, 0.1) is 20.8 Å². The summed E-state index contributed by atoms with van der Waals surface area (Å²) in [6, 6.07) is 2.04. The summed E-state index contributed by atoms with van der Waals surface area (Å²) in [7, 11) is 0.